The monoisotopic (exact) mass is 252 g/mol. The zero-order chi connectivity index (χ0) is 13.0. The maximum atomic E-state index is 13.0. The van der Waals surface area contributed by atoms with E-state index in [-0.39, 0.29) is 11.3 Å². The standard InChI is InChI=1S/C15H18F2O/c16-13-8-7-12(10-14(13)17)15(18)9-6-11-4-2-1-3-5-11/h7-8,10-11H,1-6,9H2. The van der Waals surface area contributed by atoms with Gasteiger partial charge in [0.25, 0.3) is 0 Å². The van der Waals surface area contributed by atoms with E-state index in [9.17, 15) is 13.6 Å². The minimum atomic E-state index is -0.946. The van der Waals surface area contributed by atoms with Crippen LogP contribution in [0.1, 0.15) is 55.3 Å². The molecule has 0 aromatic heterocycles. The van der Waals surface area contributed by atoms with E-state index in [2.05, 4.69) is 0 Å². The van der Waals surface area contributed by atoms with E-state index in [0.29, 0.717) is 12.3 Å². The van der Waals surface area contributed by atoms with Gasteiger partial charge in [0.05, 0.1) is 0 Å². The molecule has 1 aliphatic rings. The molecule has 0 spiro atoms. The minimum absolute atomic E-state index is 0.0838. The van der Waals surface area contributed by atoms with Crippen LogP contribution < -0.4 is 0 Å². The summed E-state index contributed by atoms with van der Waals surface area (Å²) in [6, 6.07) is 3.38. The van der Waals surface area contributed by atoms with Crippen molar-refractivity contribution in [3.05, 3.63) is 35.4 Å². The Hall–Kier alpha value is -1.25. The summed E-state index contributed by atoms with van der Waals surface area (Å²) >= 11 is 0. The largest absolute Gasteiger partial charge is 0.294 e. The third kappa shape index (κ3) is 3.37. The highest BCUT2D eigenvalue weighted by molar-refractivity contribution is 5.96. The molecule has 1 saturated carbocycles. The lowest BCUT2D eigenvalue weighted by Crippen LogP contribution is -2.09. The number of Topliss-reactive ketones (excluding diaryl/α,β-unsaturated/α-hetero) is 1. The third-order valence-corrected chi connectivity index (χ3v) is 3.75. The summed E-state index contributed by atoms with van der Waals surface area (Å²) in [5, 5.41) is 0. The van der Waals surface area contributed by atoms with Crippen LogP contribution in [0.2, 0.25) is 0 Å². The van der Waals surface area contributed by atoms with Gasteiger partial charge in [-0.15, -0.1) is 0 Å². The average Bonchev–Trinajstić information content (AvgIpc) is 2.40. The van der Waals surface area contributed by atoms with Crippen molar-refractivity contribution < 1.29 is 13.6 Å². The topological polar surface area (TPSA) is 17.1 Å². The molecule has 0 saturated heterocycles. The molecule has 98 valence electrons. The lowest BCUT2D eigenvalue weighted by atomic mass is 9.85. The molecule has 0 unspecified atom stereocenters. The predicted molar refractivity (Wildman–Crippen MR) is 66.5 cm³/mol. The molecule has 2 rings (SSSR count). The number of halogens is 2. The number of hydrogen-bond acceptors (Lipinski definition) is 1. The van der Waals surface area contributed by atoms with Crippen molar-refractivity contribution in [1.82, 2.24) is 0 Å². The van der Waals surface area contributed by atoms with Gasteiger partial charge in [-0.3, -0.25) is 4.79 Å². The molecule has 1 fully saturated rings. The van der Waals surface area contributed by atoms with Crippen molar-refractivity contribution in [2.75, 3.05) is 0 Å². The molecule has 18 heavy (non-hydrogen) atoms. The summed E-state index contributed by atoms with van der Waals surface area (Å²) in [6.45, 7) is 0. The fraction of sp³-hybridized carbons (Fsp3) is 0.533. The summed E-state index contributed by atoms with van der Waals surface area (Å²) < 4.78 is 25.8. The van der Waals surface area contributed by atoms with Gasteiger partial charge in [0.1, 0.15) is 0 Å². The van der Waals surface area contributed by atoms with Crippen molar-refractivity contribution in [1.29, 1.82) is 0 Å². The number of benzene rings is 1. The van der Waals surface area contributed by atoms with E-state index < -0.39 is 11.6 Å². The quantitative estimate of drug-likeness (QED) is 0.721. The zero-order valence-electron chi connectivity index (χ0n) is 10.4. The van der Waals surface area contributed by atoms with Crippen molar-refractivity contribution >= 4 is 5.78 Å². The fourth-order valence-electron chi connectivity index (χ4n) is 2.62. The lowest BCUT2D eigenvalue weighted by molar-refractivity contribution is 0.0969. The highest BCUT2D eigenvalue weighted by Gasteiger charge is 2.16. The van der Waals surface area contributed by atoms with Gasteiger partial charge in [-0.2, -0.15) is 0 Å². The highest BCUT2D eigenvalue weighted by Crippen LogP contribution is 2.27. The molecule has 1 aliphatic carbocycles. The van der Waals surface area contributed by atoms with E-state index in [1.54, 1.807) is 0 Å². The first-order valence-corrected chi connectivity index (χ1v) is 6.65. The number of ketones is 1. The first kappa shape index (κ1) is 13.2. The van der Waals surface area contributed by atoms with Gasteiger partial charge in [-0.05, 0) is 30.5 Å². The van der Waals surface area contributed by atoms with Gasteiger partial charge in [-0.25, -0.2) is 8.78 Å². The summed E-state index contributed by atoms with van der Waals surface area (Å²) in [4.78, 5) is 11.9. The smallest absolute Gasteiger partial charge is 0.162 e. The Kier molecular flexibility index (Phi) is 4.45. The predicted octanol–water partition coefficient (Wildman–Crippen LogP) is 4.51. The van der Waals surface area contributed by atoms with E-state index in [0.717, 1.165) is 18.6 Å². The van der Waals surface area contributed by atoms with Crippen molar-refractivity contribution in [3.63, 3.8) is 0 Å². The van der Waals surface area contributed by atoms with Crippen molar-refractivity contribution in [2.24, 2.45) is 5.92 Å². The van der Waals surface area contributed by atoms with E-state index >= 15 is 0 Å². The van der Waals surface area contributed by atoms with Crippen LogP contribution in [0.25, 0.3) is 0 Å². The first-order chi connectivity index (χ1) is 8.66. The number of hydrogen-bond donors (Lipinski definition) is 0. The van der Waals surface area contributed by atoms with Crippen LogP contribution in [0.4, 0.5) is 8.78 Å². The van der Waals surface area contributed by atoms with Gasteiger partial charge in [0.15, 0.2) is 17.4 Å². The first-order valence-electron chi connectivity index (χ1n) is 6.65. The molecule has 1 nitrogen and oxygen atoms in total. The zero-order valence-corrected chi connectivity index (χ0v) is 10.4. The summed E-state index contributed by atoms with van der Waals surface area (Å²) in [5.41, 5.74) is 0.282. The van der Waals surface area contributed by atoms with Gasteiger partial charge in [0.2, 0.25) is 0 Å². The van der Waals surface area contributed by atoms with Crippen LogP contribution in [0.5, 0.6) is 0 Å². The Morgan fingerprint density at radius 2 is 1.83 bits per heavy atom. The van der Waals surface area contributed by atoms with Crippen LogP contribution in [0, 0.1) is 17.6 Å². The molecule has 0 heterocycles. The van der Waals surface area contributed by atoms with Crippen LogP contribution in [0.15, 0.2) is 18.2 Å². The van der Waals surface area contributed by atoms with Crippen molar-refractivity contribution in [2.45, 2.75) is 44.9 Å². The Morgan fingerprint density at radius 1 is 1.11 bits per heavy atom. The summed E-state index contributed by atoms with van der Waals surface area (Å²) in [5.74, 6) is -1.30. The Balaban J connectivity index is 1.88. The molecule has 0 atom stereocenters. The molecule has 1 aromatic rings. The summed E-state index contributed by atoms with van der Waals surface area (Å²) in [7, 11) is 0. The lowest BCUT2D eigenvalue weighted by Gasteiger charge is -2.20. The van der Waals surface area contributed by atoms with E-state index in [1.807, 2.05) is 0 Å². The average molecular weight is 252 g/mol. The van der Waals surface area contributed by atoms with E-state index in [4.69, 9.17) is 0 Å². The van der Waals surface area contributed by atoms with Gasteiger partial charge < -0.3 is 0 Å². The number of carbonyl (C=O) groups is 1. The SMILES string of the molecule is O=C(CCC1CCCCC1)c1ccc(F)c(F)c1. The second-order valence-electron chi connectivity index (χ2n) is 5.09. The molecule has 0 amide bonds. The Bertz CT molecular complexity index is 423. The van der Waals surface area contributed by atoms with Gasteiger partial charge in [-0.1, -0.05) is 32.1 Å². The summed E-state index contributed by atoms with van der Waals surface area (Å²) in [6.07, 6.45) is 7.52. The molecule has 1 aromatic carbocycles. The molecule has 0 N–H and O–H groups in total. The minimum Gasteiger partial charge on any atom is -0.294 e. The van der Waals surface area contributed by atoms with Crippen LogP contribution >= 0.6 is 0 Å². The number of rotatable bonds is 4. The third-order valence-electron chi connectivity index (χ3n) is 3.75. The Morgan fingerprint density at radius 3 is 2.50 bits per heavy atom. The normalized spacial score (nSPS) is 16.8. The van der Waals surface area contributed by atoms with Crippen molar-refractivity contribution in [3.8, 4) is 0 Å². The van der Waals surface area contributed by atoms with Crippen LogP contribution in [-0.4, -0.2) is 5.78 Å². The molecule has 0 radical (unpaired) electrons. The fourth-order valence-corrected chi connectivity index (χ4v) is 2.62. The highest BCUT2D eigenvalue weighted by atomic mass is 19.2. The molecular weight excluding hydrogens is 234 g/mol. The number of carbonyl (C=O) groups excluding carboxylic acids is 1. The van der Waals surface area contributed by atoms with Gasteiger partial charge in [0, 0.05) is 12.0 Å². The molecule has 3 heteroatoms. The molecule has 0 bridgehead atoms. The van der Waals surface area contributed by atoms with Crippen LogP contribution in [0.3, 0.4) is 0 Å². The molecule has 0 aliphatic heterocycles. The molecular formula is C15H18F2O. The van der Waals surface area contributed by atoms with Crippen LogP contribution in [-0.2, 0) is 0 Å². The maximum absolute atomic E-state index is 13.0. The second-order valence-corrected chi connectivity index (χ2v) is 5.09. The maximum Gasteiger partial charge on any atom is 0.162 e. The van der Waals surface area contributed by atoms with Gasteiger partial charge >= 0.3 is 0 Å². The van der Waals surface area contributed by atoms with E-state index in [1.165, 1.54) is 38.2 Å². The second kappa shape index (κ2) is 6.07. The Labute approximate surface area is 106 Å².